The van der Waals surface area contributed by atoms with Crippen molar-refractivity contribution in [1.29, 1.82) is 0 Å². The van der Waals surface area contributed by atoms with Crippen molar-refractivity contribution in [1.82, 2.24) is 10.2 Å². The number of amides is 2. The summed E-state index contributed by atoms with van der Waals surface area (Å²) in [6.45, 7) is 6.78. The minimum Gasteiger partial charge on any atom is -0.352 e. The monoisotopic (exact) mass is 667 g/mol. The summed E-state index contributed by atoms with van der Waals surface area (Å²) in [5, 5.41) is 3.27. The van der Waals surface area contributed by atoms with Crippen molar-refractivity contribution < 1.29 is 18.0 Å². The SMILES string of the molecule is CCC(C)NC(=O)C(C)N(Cc1ccc(Br)cc1)C(=O)CN(c1cc(Cl)ccc1Cl)S(=O)(=O)c1ccc(C)cc1. The molecule has 0 aromatic heterocycles. The van der Waals surface area contributed by atoms with Crippen molar-refractivity contribution in [3.63, 3.8) is 0 Å². The number of carbonyl (C=O) groups excluding carboxylic acids is 2. The maximum absolute atomic E-state index is 14.0. The predicted molar refractivity (Wildman–Crippen MR) is 164 cm³/mol. The van der Waals surface area contributed by atoms with Gasteiger partial charge in [0.05, 0.1) is 15.6 Å². The highest BCUT2D eigenvalue weighted by molar-refractivity contribution is 9.10. The van der Waals surface area contributed by atoms with Gasteiger partial charge in [-0.3, -0.25) is 13.9 Å². The van der Waals surface area contributed by atoms with Gasteiger partial charge in [0.1, 0.15) is 12.6 Å². The molecule has 1 N–H and O–H groups in total. The van der Waals surface area contributed by atoms with Crippen molar-refractivity contribution in [3.05, 3.63) is 92.4 Å². The molecule has 214 valence electrons. The summed E-state index contributed by atoms with van der Waals surface area (Å²) in [7, 11) is -4.25. The number of benzene rings is 3. The van der Waals surface area contributed by atoms with Gasteiger partial charge in [0.15, 0.2) is 0 Å². The summed E-state index contributed by atoms with van der Waals surface area (Å²) in [4.78, 5) is 28.5. The van der Waals surface area contributed by atoms with E-state index in [4.69, 9.17) is 23.2 Å². The summed E-state index contributed by atoms with van der Waals surface area (Å²) >= 11 is 16.1. The maximum Gasteiger partial charge on any atom is 0.264 e. The molecule has 0 saturated carbocycles. The molecule has 0 fully saturated rings. The molecule has 0 radical (unpaired) electrons. The van der Waals surface area contributed by atoms with Gasteiger partial charge in [-0.15, -0.1) is 0 Å². The zero-order chi connectivity index (χ0) is 29.6. The van der Waals surface area contributed by atoms with E-state index in [1.165, 1.54) is 35.2 Å². The predicted octanol–water partition coefficient (Wildman–Crippen LogP) is 6.59. The van der Waals surface area contributed by atoms with Crippen LogP contribution < -0.4 is 9.62 Å². The third-order valence-electron chi connectivity index (χ3n) is 6.50. The van der Waals surface area contributed by atoms with E-state index < -0.39 is 28.5 Å². The average Bonchev–Trinajstić information content (AvgIpc) is 2.92. The van der Waals surface area contributed by atoms with Crippen LogP contribution in [0.25, 0.3) is 0 Å². The first kappa shape index (κ1) is 31.9. The summed E-state index contributed by atoms with van der Waals surface area (Å²) < 4.78 is 29.6. The van der Waals surface area contributed by atoms with Crippen LogP contribution in [0.2, 0.25) is 10.0 Å². The smallest absolute Gasteiger partial charge is 0.264 e. The van der Waals surface area contributed by atoms with Crippen LogP contribution in [0.3, 0.4) is 0 Å². The number of hydrogen-bond donors (Lipinski definition) is 1. The molecule has 40 heavy (non-hydrogen) atoms. The summed E-state index contributed by atoms with van der Waals surface area (Å²) in [6.07, 6.45) is 0.717. The van der Waals surface area contributed by atoms with Crippen LogP contribution in [0.1, 0.15) is 38.3 Å². The zero-order valence-corrected chi connectivity index (χ0v) is 26.6. The van der Waals surface area contributed by atoms with Gasteiger partial charge in [0.2, 0.25) is 11.8 Å². The fourth-order valence-electron chi connectivity index (χ4n) is 3.86. The van der Waals surface area contributed by atoms with E-state index in [0.29, 0.717) is 0 Å². The normalized spacial score (nSPS) is 12.9. The number of nitrogens with zero attached hydrogens (tertiary/aromatic N) is 2. The largest absolute Gasteiger partial charge is 0.352 e. The van der Waals surface area contributed by atoms with Crippen LogP contribution >= 0.6 is 39.1 Å². The lowest BCUT2D eigenvalue weighted by Crippen LogP contribution is -2.52. The lowest BCUT2D eigenvalue weighted by molar-refractivity contribution is -0.139. The number of aryl methyl sites for hydroxylation is 1. The standard InChI is InChI=1S/C29H32BrCl2N3O4S/c1-5-20(3)33-29(37)21(4)34(17-22-8-10-23(30)11-9-22)28(36)18-35(27-16-24(31)12-15-26(27)32)40(38,39)25-13-6-19(2)7-14-25/h6-16,20-21H,5,17-18H2,1-4H3,(H,33,37). The Hall–Kier alpha value is -2.59. The molecule has 0 aliphatic heterocycles. The maximum atomic E-state index is 14.0. The van der Waals surface area contributed by atoms with Gasteiger partial charge in [-0.2, -0.15) is 0 Å². The Morgan fingerprint density at radius 1 is 0.975 bits per heavy atom. The minimum absolute atomic E-state index is 0.0102. The second-order valence-corrected chi connectivity index (χ2v) is 13.2. The van der Waals surface area contributed by atoms with E-state index in [-0.39, 0.29) is 39.1 Å². The molecular weight excluding hydrogens is 637 g/mol. The highest BCUT2D eigenvalue weighted by Gasteiger charge is 2.33. The summed E-state index contributed by atoms with van der Waals surface area (Å²) in [6, 6.07) is 17.1. The lowest BCUT2D eigenvalue weighted by atomic mass is 10.1. The first-order valence-electron chi connectivity index (χ1n) is 12.7. The van der Waals surface area contributed by atoms with Gasteiger partial charge in [-0.1, -0.05) is 75.9 Å². The Labute approximate surface area is 254 Å². The van der Waals surface area contributed by atoms with Crippen LogP contribution in [-0.2, 0) is 26.2 Å². The number of halogens is 3. The second kappa shape index (κ2) is 13.9. The van der Waals surface area contributed by atoms with Gasteiger partial charge in [-0.25, -0.2) is 8.42 Å². The van der Waals surface area contributed by atoms with Crippen molar-refractivity contribution in [2.75, 3.05) is 10.8 Å². The zero-order valence-electron chi connectivity index (χ0n) is 22.7. The van der Waals surface area contributed by atoms with E-state index in [1.54, 1.807) is 19.1 Å². The number of anilines is 1. The Morgan fingerprint density at radius 2 is 1.60 bits per heavy atom. The van der Waals surface area contributed by atoms with Crippen LogP contribution in [-0.4, -0.2) is 43.8 Å². The summed E-state index contributed by atoms with van der Waals surface area (Å²) in [5.41, 5.74) is 1.71. The molecule has 0 aliphatic rings. The number of hydrogen-bond acceptors (Lipinski definition) is 4. The molecule has 3 rings (SSSR count). The number of nitrogens with one attached hydrogen (secondary N) is 1. The van der Waals surface area contributed by atoms with E-state index in [0.717, 1.165) is 26.3 Å². The third-order valence-corrected chi connectivity index (χ3v) is 9.36. The molecule has 0 spiro atoms. The molecular formula is C29H32BrCl2N3O4S. The van der Waals surface area contributed by atoms with E-state index in [1.807, 2.05) is 45.0 Å². The number of rotatable bonds is 11. The first-order chi connectivity index (χ1) is 18.8. The Balaban J connectivity index is 2.06. The average molecular weight is 669 g/mol. The molecule has 3 aromatic carbocycles. The molecule has 11 heteroatoms. The fourth-order valence-corrected chi connectivity index (χ4v) is 5.99. The molecule has 7 nitrogen and oxygen atoms in total. The highest BCUT2D eigenvalue weighted by atomic mass is 79.9. The molecule has 0 saturated heterocycles. The van der Waals surface area contributed by atoms with Gasteiger partial charge < -0.3 is 10.2 Å². The van der Waals surface area contributed by atoms with Crippen molar-refractivity contribution in [3.8, 4) is 0 Å². The third kappa shape index (κ3) is 8.00. The van der Waals surface area contributed by atoms with E-state index in [9.17, 15) is 18.0 Å². The quantitative estimate of drug-likeness (QED) is 0.250. The van der Waals surface area contributed by atoms with Gasteiger partial charge in [0.25, 0.3) is 10.0 Å². The fraction of sp³-hybridized carbons (Fsp3) is 0.310. The molecule has 0 heterocycles. The topological polar surface area (TPSA) is 86.8 Å². The molecule has 2 amide bonds. The van der Waals surface area contributed by atoms with Crippen molar-refractivity contribution in [2.24, 2.45) is 0 Å². The number of carbonyl (C=O) groups is 2. The van der Waals surface area contributed by atoms with Crippen molar-refractivity contribution in [2.45, 2.75) is 57.6 Å². The van der Waals surface area contributed by atoms with Crippen LogP contribution in [0.15, 0.2) is 76.1 Å². The molecule has 0 aliphatic carbocycles. The van der Waals surface area contributed by atoms with Crippen LogP contribution in [0, 0.1) is 6.92 Å². The van der Waals surface area contributed by atoms with Crippen LogP contribution in [0.5, 0.6) is 0 Å². The van der Waals surface area contributed by atoms with E-state index >= 15 is 0 Å². The molecule has 0 bridgehead atoms. The first-order valence-corrected chi connectivity index (χ1v) is 15.7. The van der Waals surface area contributed by atoms with Gasteiger partial charge in [-0.05, 0) is 75.2 Å². The second-order valence-electron chi connectivity index (χ2n) is 9.56. The van der Waals surface area contributed by atoms with Gasteiger partial charge in [0, 0.05) is 22.1 Å². The Morgan fingerprint density at radius 3 is 2.20 bits per heavy atom. The van der Waals surface area contributed by atoms with Crippen molar-refractivity contribution >= 4 is 66.7 Å². The van der Waals surface area contributed by atoms with Crippen LogP contribution in [0.4, 0.5) is 5.69 Å². The number of sulfonamides is 1. The van der Waals surface area contributed by atoms with E-state index in [2.05, 4.69) is 21.2 Å². The molecule has 2 unspecified atom stereocenters. The van der Waals surface area contributed by atoms with Gasteiger partial charge >= 0.3 is 0 Å². The summed E-state index contributed by atoms with van der Waals surface area (Å²) in [5.74, 6) is -0.921. The lowest BCUT2D eigenvalue weighted by Gasteiger charge is -2.32. The molecule has 3 aromatic rings. The molecule has 2 atom stereocenters. The Bertz CT molecular complexity index is 1450. The highest BCUT2D eigenvalue weighted by Crippen LogP contribution is 2.33. The minimum atomic E-state index is -4.25. The Kier molecular flexibility index (Phi) is 11.1.